The molecule has 6 heteroatoms. The summed E-state index contributed by atoms with van der Waals surface area (Å²) in [5.74, 6) is 0.567. The van der Waals surface area contributed by atoms with E-state index in [1.54, 1.807) is 18.2 Å². The van der Waals surface area contributed by atoms with Crippen LogP contribution in [0.1, 0.15) is 32.3 Å². The molecule has 0 atom stereocenters. The maximum Gasteiger partial charge on any atom is 0.344 e. The summed E-state index contributed by atoms with van der Waals surface area (Å²) in [6.45, 7) is 4.62. The van der Waals surface area contributed by atoms with E-state index < -0.39 is 5.97 Å². The molecule has 116 valence electrons. The molecule has 2 N–H and O–H groups in total. The Morgan fingerprint density at radius 3 is 2.62 bits per heavy atom. The molecule has 0 heterocycles. The normalized spacial score (nSPS) is 10.0. The highest BCUT2D eigenvalue weighted by molar-refractivity contribution is 7.80. The van der Waals surface area contributed by atoms with Gasteiger partial charge in [0.1, 0.15) is 4.99 Å². The maximum absolute atomic E-state index is 11.5. The van der Waals surface area contributed by atoms with Gasteiger partial charge in [0.25, 0.3) is 0 Å². The minimum absolute atomic E-state index is 0.157. The number of thiocarbonyl (C=S) groups is 1. The van der Waals surface area contributed by atoms with Crippen molar-refractivity contribution in [2.24, 2.45) is 5.73 Å². The van der Waals surface area contributed by atoms with Crippen molar-refractivity contribution < 1.29 is 19.0 Å². The van der Waals surface area contributed by atoms with Gasteiger partial charge in [0.15, 0.2) is 18.1 Å². The van der Waals surface area contributed by atoms with Crippen LogP contribution < -0.4 is 15.2 Å². The standard InChI is InChI=1S/C15H21NO4S/c1-3-5-8-19-14(17)10-20-12-7-6-11(15(16)21)9-13(12)18-4-2/h6-7,9H,3-5,8,10H2,1-2H3,(H2,16,21). The SMILES string of the molecule is CCCCOC(=O)COc1ccc(C(N)=S)cc1OCC. The summed E-state index contributed by atoms with van der Waals surface area (Å²) in [7, 11) is 0. The Balaban J connectivity index is 2.65. The van der Waals surface area contributed by atoms with Crippen LogP contribution in [0.2, 0.25) is 0 Å². The van der Waals surface area contributed by atoms with Gasteiger partial charge in [0, 0.05) is 5.56 Å². The third-order valence-electron chi connectivity index (χ3n) is 2.63. The number of hydrogen-bond donors (Lipinski definition) is 1. The smallest absolute Gasteiger partial charge is 0.344 e. The first kappa shape index (κ1) is 17.2. The van der Waals surface area contributed by atoms with Gasteiger partial charge in [0.05, 0.1) is 13.2 Å². The van der Waals surface area contributed by atoms with E-state index in [2.05, 4.69) is 0 Å². The second-order valence-electron chi connectivity index (χ2n) is 4.32. The number of hydrogen-bond acceptors (Lipinski definition) is 5. The fourth-order valence-electron chi connectivity index (χ4n) is 1.56. The molecule has 0 saturated carbocycles. The molecule has 0 aliphatic heterocycles. The highest BCUT2D eigenvalue weighted by Gasteiger charge is 2.10. The van der Waals surface area contributed by atoms with Crippen LogP contribution in [0, 0.1) is 0 Å². The van der Waals surface area contributed by atoms with Crippen molar-refractivity contribution in [1.29, 1.82) is 0 Å². The summed E-state index contributed by atoms with van der Waals surface area (Å²) in [6.07, 6.45) is 1.82. The van der Waals surface area contributed by atoms with Gasteiger partial charge in [-0.15, -0.1) is 0 Å². The maximum atomic E-state index is 11.5. The van der Waals surface area contributed by atoms with E-state index in [9.17, 15) is 4.79 Å². The zero-order valence-corrected chi connectivity index (χ0v) is 13.2. The van der Waals surface area contributed by atoms with Crippen LogP contribution in [-0.4, -0.2) is 30.8 Å². The van der Waals surface area contributed by atoms with Crippen molar-refractivity contribution in [2.45, 2.75) is 26.7 Å². The van der Waals surface area contributed by atoms with Crippen molar-refractivity contribution in [3.63, 3.8) is 0 Å². The van der Waals surface area contributed by atoms with E-state index >= 15 is 0 Å². The van der Waals surface area contributed by atoms with Crippen LogP contribution in [-0.2, 0) is 9.53 Å². The highest BCUT2D eigenvalue weighted by atomic mass is 32.1. The van der Waals surface area contributed by atoms with Gasteiger partial charge in [-0.3, -0.25) is 0 Å². The zero-order chi connectivity index (χ0) is 15.7. The number of unbranched alkanes of at least 4 members (excludes halogenated alkanes) is 1. The molecule has 0 aliphatic rings. The van der Waals surface area contributed by atoms with E-state index in [4.69, 9.17) is 32.2 Å². The predicted molar refractivity (Wildman–Crippen MR) is 84.9 cm³/mol. The lowest BCUT2D eigenvalue weighted by molar-refractivity contribution is -0.146. The molecule has 0 aromatic heterocycles. The number of nitrogens with two attached hydrogens (primary N) is 1. The molecule has 1 rings (SSSR count). The van der Waals surface area contributed by atoms with Gasteiger partial charge in [-0.1, -0.05) is 25.6 Å². The van der Waals surface area contributed by atoms with Crippen molar-refractivity contribution in [3.05, 3.63) is 23.8 Å². The molecule has 0 spiro atoms. The van der Waals surface area contributed by atoms with Crippen LogP contribution in [0.3, 0.4) is 0 Å². The fourth-order valence-corrected chi connectivity index (χ4v) is 1.68. The molecule has 21 heavy (non-hydrogen) atoms. The Morgan fingerprint density at radius 1 is 1.24 bits per heavy atom. The fraction of sp³-hybridized carbons (Fsp3) is 0.467. The van der Waals surface area contributed by atoms with Crippen LogP contribution >= 0.6 is 12.2 Å². The van der Waals surface area contributed by atoms with E-state index in [0.717, 1.165) is 12.8 Å². The van der Waals surface area contributed by atoms with Crippen LogP contribution in [0.15, 0.2) is 18.2 Å². The third kappa shape index (κ3) is 5.99. The molecule has 0 amide bonds. The molecular formula is C15H21NO4S. The predicted octanol–water partition coefficient (Wildman–Crippen LogP) is 2.44. The van der Waals surface area contributed by atoms with Crippen molar-refractivity contribution in [2.75, 3.05) is 19.8 Å². The summed E-state index contributed by atoms with van der Waals surface area (Å²) in [5, 5.41) is 0. The first-order chi connectivity index (χ1) is 10.1. The summed E-state index contributed by atoms with van der Waals surface area (Å²) in [6, 6.07) is 5.10. The Kier molecular flexibility index (Phi) is 7.53. The Morgan fingerprint density at radius 2 is 2.00 bits per heavy atom. The van der Waals surface area contributed by atoms with Gasteiger partial charge in [-0.25, -0.2) is 4.79 Å². The second kappa shape index (κ2) is 9.18. The van der Waals surface area contributed by atoms with Crippen molar-refractivity contribution in [1.82, 2.24) is 0 Å². The van der Waals surface area contributed by atoms with E-state index in [1.165, 1.54) is 0 Å². The molecule has 0 unspecified atom stereocenters. The lowest BCUT2D eigenvalue weighted by Gasteiger charge is -2.12. The van der Waals surface area contributed by atoms with Crippen molar-refractivity contribution in [3.8, 4) is 11.5 Å². The quantitative estimate of drug-likeness (QED) is 0.429. The lowest BCUT2D eigenvalue weighted by atomic mass is 10.2. The molecule has 0 bridgehead atoms. The Hall–Kier alpha value is -1.82. The first-order valence-corrected chi connectivity index (χ1v) is 7.34. The van der Waals surface area contributed by atoms with Gasteiger partial charge >= 0.3 is 5.97 Å². The summed E-state index contributed by atoms with van der Waals surface area (Å²) >= 11 is 4.92. The molecule has 0 saturated heterocycles. The molecule has 0 radical (unpaired) electrons. The zero-order valence-electron chi connectivity index (χ0n) is 12.4. The minimum atomic E-state index is -0.399. The summed E-state index contributed by atoms with van der Waals surface area (Å²) in [4.78, 5) is 11.8. The molecule has 1 aromatic rings. The summed E-state index contributed by atoms with van der Waals surface area (Å²) in [5.41, 5.74) is 6.27. The number of ether oxygens (including phenoxy) is 3. The van der Waals surface area contributed by atoms with E-state index in [-0.39, 0.29) is 11.6 Å². The molecule has 1 aromatic carbocycles. The number of carbonyl (C=O) groups excluding carboxylic acids is 1. The first-order valence-electron chi connectivity index (χ1n) is 6.93. The number of carbonyl (C=O) groups is 1. The monoisotopic (exact) mass is 311 g/mol. The number of rotatable bonds is 9. The minimum Gasteiger partial charge on any atom is -0.490 e. The van der Waals surface area contributed by atoms with Crippen LogP contribution in [0.5, 0.6) is 11.5 Å². The van der Waals surface area contributed by atoms with Gasteiger partial charge in [-0.2, -0.15) is 0 Å². The Labute approximate surface area is 130 Å². The topological polar surface area (TPSA) is 70.8 Å². The largest absolute Gasteiger partial charge is 0.490 e. The molecule has 0 fully saturated rings. The van der Waals surface area contributed by atoms with Gasteiger partial charge in [-0.05, 0) is 31.5 Å². The van der Waals surface area contributed by atoms with Crippen LogP contribution in [0.4, 0.5) is 0 Å². The van der Waals surface area contributed by atoms with Crippen molar-refractivity contribution >= 4 is 23.2 Å². The number of esters is 1. The molecule has 0 aliphatic carbocycles. The average Bonchev–Trinajstić information content (AvgIpc) is 2.46. The van der Waals surface area contributed by atoms with Gasteiger partial charge in [0.2, 0.25) is 0 Å². The Bertz CT molecular complexity index is 491. The molecular weight excluding hydrogens is 290 g/mol. The summed E-state index contributed by atoms with van der Waals surface area (Å²) < 4.78 is 15.9. The molecule has 5 nitrogen and oxygen atoms in total. The highest BCUT2D eigenvalue weighted by Crippen LogP contribution is 2.28. The lowest BCUT2D eigenvalue weighted by Crippen LogP contribution is -2.16. The second-order valence-corrected chi connectivity index (χ2v) is 4.76. The average molecular weight is 311 g/mol. The van der Waals surface area contributed by atoms with E-state index in [0.29, 0.717) is 30.3 Å². The third-order valence-corrected chi connectivity index (χ3v) is 2.87. The van der Waals surface area contributed by atoms with Crippen LogP contribution in [0.25, 0.3) is 0 Å². The number of benzene rings is 1. The van der Waals surface area contributed by atoms with E-state index in [1.807, 2.05) is 13.8 Å². The van der Waals surface area contributed by atoms with Gasteiger partial charge < -0.3 is 19.9 Å².